The van der Waals surface area contributed by atoms with Crippen LogP contribution in [0.5, 0.6) is 0 Å². The second kappa shape index (κ2) is 5.86. The van der Waals surface area contributed by atoms with Gasteiger partial charge in [0.2, 0.25) is 5.95 Å². The van der Waals surface area contributed by atoms with Gasteiger partial charge in [0.15, 0.2) is 0 Å². The molecule has 0 atom stereocenters. The molecule has 0 aliphatic carbocycles. The standard InChI is InChI=1S/C15H17FN2O2/c1-10(2)18(9-12-7-6-11(3)20-12)15(19)13-5-4-8-17-14(13)16/h4-8,10H,9H2,1-3H3. The minimum absolute atomic E-state index is 0.0236. The summed E-state index contributed by atoms with van der Waals surface area (Å²) in [6.45, 7) is 5.90. The van der Waals surface area contributed by atoms with Gasteiger partial charge in [0.1, 0.15) is 11.5 Å². The van der Waals surface area contributed by atoms with E-state index in [-0.39, 0.29) is 17.5 Å². The number of carbonyl (C=O) groups is 1. The number of rotatable bonds is 4. The molecule has 1 amide bonds. The predicted octanol–water partition coefficient (Wildman–Crippen LogP) is 3.17. The summed E-state index contributed by atoms with van der Waals surface area (Å²) < 4.78 is 19.1. The SMILES string of the molecule is Cc1ccc(CN(C(=O)c2cccnc2F)C(C)C)o1. The largest absolute Gasteiger partial charge is 0.464 e. The zero-order valence-corrected chi connectivity index (χ0v) is 11.8. The first-order valence-corrected chi connectivity index (χ1v) is 6.46. The molecule has 0 saturated heterocycles. The molecule has 0 aliphatic heterocycles. The van der Waals surface area contributed by atoms with E-state index in [1.54, 1.807) is 11.0 Å². The number of amides is 1. The third-order valence-electron chi connectivity index (χ3n) is 3.00. The number of halogens is 1. The minimum atomic E-state index is -0.751. The Kier molecular flexibility index (Phi) is 4.17. The molecule has 0 aliphatic rings. The highest BCUT2D eigenvalue weighted by Gasteiger charge is 2.23. The lowest BCUT2D eigenvalue weighted by molar-refractivity contribution is 0.0669. The first-order valence-electron chi connectivity index (χ1n) is 6.46. The van der Waals surface area contributed by atoms with Crippen LogP contribution < -0.4 is 0 Å². The molecule has 106 valence electrons. The second-order valence-corrected chi connectivity index (χ2v) is 4.88. The maximum Gasteiger partial charge on any atom is 0.259 e. The number of hydrogen-bond acceptors (Lipinski definition) is 3. The lowest BCUT2D eigenvalue weighted by Gasteiger charge is -2.25. The molecule has 2 aromatic rings. The number of hydrogen-bond donors (Lipinski definition) is 0. The van der Waals surface area contributed by atoms with E-state index < -0.39 is 5.95 Å². The van der Waals surface area contributed by atoms with Crippen molar-refractivity contribution in [3.05, 3.63) is 53.5 Å². The zero-order chi connectivity index (χ0) is 14.7. The molecular weight excluding hydrogens is 259 g/mol. The fourth-order valence-corrected chi connectivity index (χ4v) is 1.93. The number of nitrogens with zero attached hydrogens (tertiary/aromatic N) is 2. The van der Waals surface area contributed by atoms with Crippen LogP contribution in [0.4, 0.5) is 4.39 Å². The van der Waals surface area contributed by atoms with Gasteiger partial charge in [-0.15, -0.1) is 0 Å². The van der Waals surface area contributed by atoms with Crippen molar-refractivity contribution in [3.63, 3.8) is 0 Å². The third kappa shape index (κ3) is 3.04. The number of furan rings is 1. The van der Waals surface area contributed by atoms with Gasteiger partial charge in [0, 0.05) is 12.2 Å². The van der Waals surface area contributed by atoms with Crippen LogP contribution in [0.1, 0.15) is 35.7 Å². The highest BCUT2D eigenvalue weighted by Crippen LogP contribution is 2.16. The van der Waals surface area contributed by atoms with Gasteiger partial charge in [-0.2, -0.15) is 4.39 Å². The van der Waals surface area contributed by atoms with Crippen molar-refractivity contribution in [2.75, 3.05) is 0 Å². The first-order chi connectivity index (χ1) is 9.49. The van der Waals surface area contributed by atoms with E-state index in [4.69, 9.17) is 4.42 Å². The second-order valence-electron chi connectivity index (χ2n) is 4.88. The van der Waals surface area contributed by atoms with Crippen molar-refractivity contribution in [1.82, 2.24) is 9.88 Å². The van der Waals surface area contributed by atoms with Crippen molar-refractivity contribution in [2.45, 2.75) is 33.4 Å². The predicted molar refractivity (Wildman–Crippen MR) is 72.6 cm³/mol. The lowest BCUT2D eigenvalue weighted by Crippen LogP contribution is -2.36. The number of pyridine rings is 1. The van der Waals surface area contributed by atoms with E-state index in [1.165, 1.54) is 12.3 Å². The Morgan fingerprint density at radius 1 is 1.40 bits per heavy atom. The normalized spacial score (nSPS) is 10.8. The van der Waals surface area contributed by atoms with Gasteiger partial charge >= 0.3 is 0 Å². The molecule has 0 aromatic carbocycles. The molecule has 5 heteroatoms. The fraction of sp³-hybridized carbons (Fsp3) is 0.333. The van der Waals surface area contributed by atoms with E-state index in [9.17, 15) is 9.18 Å². The molecule has 0 spiro atoms. The average molecular weight is 276 g/mol. The van der Waals surface area contributed by atoms with Crippen LogP contribution in [0.25, 0.3) is 0 Å². The number of aromatic nitrogens is 1. The molecule has 0 bridgehead atoms. The van der Waals surface area contributed by atoms with E-state index in [2.05, 4.69) is 4.98 Å². The van der Waals surface area contributed by atoms with Crippen molar-refractivity contribution < 1.29 is 13.6 Å². The molecular formula is C15H17FN2O2. The topological polar surface area (TPSA) is 46.3 Å². The molecule has 0 radical (unpaired) electrons. The van der Waals surface area contributed by atoms with Gasteiger partial charge in [-0.3, -0.25) is 4.79 Å². The molecule has 4 nitrogen and oxygen atoms in total. The molecule has 0 unspecified atom stereocenters. The first kappa shape index (κ1) is 14.2. The molecule has 2 heterocycles. The van der Waals surface area contributed by atoms with E-state index in [1.807, 2.05) is 32.9 Å². The van der Waals surface area contributed by atoms with Gasteiger partial charge < -0.3 is 9.32 Å². The fourth-order valence-electron chi connectivity index (χ4n) is 1.93. The van der Waals surface area contributed by atoms with Crippen LogP contribution in [0.3, 0.4) is 0 Å². The van der Waals surface area contributed by atoms with Crippen molar-refractivity contribution >= 4 is 5.91 Å². The van der Waals surface area contributed by atoms with E-state index >= 15 is 0 Å². The molecule has 0 N–H and O–H groups in total. The highest BCUT2D eigenvalue weighted by molar-refractivity contribution is 5.94. The molecule has 20 heavy (non-hydrogen) atoms. The molecule has 0 saturated carbocycles. The van der Waals surface area contributed by atoms with Crippen molar-refractivity contribution in [3.8, 4) is 0 Å². The number of aryl methyl sites for hydroxylation is 1. The zero-order valence-electron chi connectivity index (χ0n) is 11.8. The summed E-state index contributed by atoms with van der Waals surface area (Å²) in [7, 11) is 0. The Morgan fingerprint density at radius 3 is 2.70 bits per heavy atom. The molecule has 0 fully saturated rings. The summed E-state index contributed by atoms with van der Waals surface area (Å²) in [5, 5.41) is 0. The summed E-state index contributed by atoms with van der Waals surface area (Å²) in [6, 6.07) is 6.56. The summed E-state index contributed by atoms with van der Waals surface area (Å²) in [5.41, 5.74) is -0.0236. The lowest BCUT2D eigenvalue weighted by atomic mass is 10.2. The van der Waals surface area contributed by atoms with Crippen LogP contribution >= 0.6 is 0 Å². The minimum Gasteiger partial charge on any atom is -0.464 e. The Morgan fingerprint density at radius 2 is 2.15 bits per heavy atom. The Bertz CT molecular complexity index is 607. The molecule has 2 aromatic heterocycles. The maximum absolute atomic E-state index is 13.6. The summed E-state index contributed by atoms with van der Waals surface area (Å²) in [6.07, 6.45) is 1.32. The smallest absolute Gasteiger partial charge is 0.259 e. The summed E-state index contributed by atoms with van der Waals surface area (Å²) in [5.74, 6) is 0.316. The summed E-state index contributed by atoms with van der Waals surface area (Å²) in [4.78, 5) is 17.5. The highest BCUT2D eigenvalue weighted by atomic mass is 19.1. The van der Waals surface area contributed by atoms with Crippen LogP contribution in [0, 0.1) is 12.9 Å². The van der Waals surface area contributed by atoms with Gasteiger partial charge in [0.25, 0.3) is 5.91 Å². The molecule has 2 rings (SSSR count). The quantitative estimate of drug-likeness (QED) is 0.806. The average Bonchev–Trinajstić information content (AvgIpc) is 2.81. The van der Waals surface area contributed by atoms with Crippen molar-refractivity contribution in [2.24, 2.45) is 0 Å². The van der Waals surface area contributed by atoms with Crippen LogP contribution in [0.15, 0.2) is 34.9 Å². The van der Waals surface area contributed by atoms with Gasteiger partial charge in [-0.25, -0.2) is 4.98 Å². The Labute approximate surface area is 117 Å². The van der Waals surface area contributed by atoms with Gasteiger partial charge in [-0.05, 0) is 45.0 Å². The van der Waals surface area contributed by atoms with Crippen LogP contribution in [0.2, 0.25) is 0 Å². The van der Waals surface area contributed by atoms with Crippen LogP contribution in [-0.2, 0) is 6.54 Å². The summed E-state index contributed by atoms with van der Waals surface area (Å²) >= 11 is 0. The third-order valence-corrected chi connectivity index (χ3v) is 3.00. The van der Waals surface area contributed by atoms with Gasteiger partial charge in [0.05, 0.1) is 12.1 Å². The van der Waals surface area contributed by atoms with E-state index in [0.717, 1.165) is 5.76 Å². The van der Waals surface area contributed by atoms with Crippen LogP contribution in [-0.4, -0.2) is 21.8 Å². The van der Waals surface area contributed by atoms with Gasteiger partial charge in [-0.1, -0.05) is 0 Å². The monoisotopic (exact) mass is 276 g/mol. The Balaban J connectivity index is 2.25. The maximum atomic E-state index is 13.6. The number of carbonyl (C=O) groups excluding carboxylic acids is 1. The Hall–Kier alpha value is -2.17. The van der Waals surface area contributed by atoms with Crippen molar-refractivity contribution in [1.29, 1.82) is 0 Å². The van der Waals surface area contributed by atoms with E-state index in [0.29, 0.717) is 12.3 Å².